The van der Waals surface area contributed by atoms with Crippen molar-refractivity contribution in [1.82, 2.24) is 4.90 Å². The minimum absolute atomic E-state index is 0.0320. The molecular weight excluding hydrogens is 448 g/mol. The van der Waals surface area contributed by atoms with Crippen LogP contribution in [0.3, 0.4) is 0 Å². The number of nitrogens with two attached hydrogens (primary N) is 1. The molecule has 1 aliphatic carbocycles. The van der Waals surface area contributed by atoms with Crippen LogP contribution in [0, 0.1) is 5.92 Å². The highest BCUT2D eigenvalue weighted by Gasteiger charge is 2.50. The molecule has 1 aliphatic heterocycles. The molecule has 6 heteroatoms. The third kappa shape index (κ3) is 4.76. The van der Waals surface area contributed by atoms with Crippen LogP contribution in [-0.2, 0) is 21.7 Å². The Bertz CT molecular complexity index is 1210. The first-order valence-electron chi connectivity index (χ1n) is 12.7. The highest BCUT2D eigenvalue weighted by Crippen LogP contribution is 2.40. The molecular formula is C30H32N4O2. The highest BCUT2D eigenvalue weighted by molar-refractivity contribution is 6.09. The maximum atomic E-state index is 14.0. The van der Waals surface area contributed by atoms with E-state index in [9.17, 15) is 9.59 Å². The van der Waals surface area contributed by atoms with E-state index < -0.39 is 5.54 Å². The number of hydrogen-bond acceptors (Lipinski definition) is 4. The van der Waals surface area contributed by atoms with Crippen LogP contribution in [0.2, 0.25) is 0 Å². The largest absolute Gasteiger partial charge is 0.369 e. The fourth-order valence-corrected chi connectivity index (χ4v) is 5.42. The predicted molar refractivity (Wildman–Crippen MR) is 142 cm³/mol. The molecule has 6 nitrogen and oxygen atoms in total. The van der Waals surface area contributed by atoms with Crippen LogP contribution in [0.15, 0.2) is 89.9 Å². The van der Waals surface area contributed by atoms with E-state index in [1.165, 1.54) is 30.6 Å². The van der Waals surface area contributed by atoms with Gasteiger partial charge in [-0.3, -0.25) is 14.5 Å². The molecule has 0 spiro atoms. The molecule has 0 saturated heterocycles. The lowest BCUT2D eigenvalue weighted by atomic mass is 9.83. The van der Waals surface area contributed by atoms with Crippen molar-refractivity contribution in [2.24, 2.45) is 16.6 Å². The number of carbonyl (C=O) groups is 2. The van der Waals surface area contributed by atoms with Gasteiger partial charge >= 0.3 is 0 Å². The number of nitrogens with zero attached hydrogens (tertiary/aromatic N) is 2. The molecule has 36 heavy (non-hydrogen) atoms. The van der Waals surface area contributed by atoms with Gasteiger partial charge in [0.25, 0.3) is 5.91 Å². The van der Waals surface area contributed by atoms with Crippen molar-refractivity contribution in [3.8, 4) is 0 Å². The van der Waals surface area contributed by atoms with Gasteiger partial charge in [0.2, 0.25) is 5.91 Å². The zero-order valence-electron chi connectivity index (χ0n) is 20.4. The van der Waals surface area contributed by atoms with Crippen molar-refractivity contribution >= 4 is 23.5 Å². The number of guanidine groups is 1. The summed E-state index contributed by atoms with van der Waals surface area (Å²) in [6.45, 7) is 0.265. The summed E-state index contributed by atoms with van der Waals surface area (Å²) in [5.41, 5.74) is 8.29. The molecule has 0 atom stereocenters. The van der Waals surface area contributed by atoms with E-state index >= 15 is 0 Å². The molecule has 0 unspecified atom stereocenters. The third-order valence-corrected chi connectivity index (χ3v) is 7.30. The van der Waals surface area contributed by atoms with E-state index in [0.29, 0.717) is 12.3 Å². The number of nitrogens with one attached hydrogen (secondary N) is 1. The Morgan fingerprint density at radius 1 is 0.944 bits per heavy atom. The van der Waals surface area contributed by atoms with Crippen molar-refractivity contribution < 1.29 is 9.59 Å². The molecule has 0 radical (unpaired) electrons. The molecule has 3 N–H and O–H groups in total. The van der Waals surface area contributed by atoms with Gasteiger partial charge < -0.3 is 11.1 Å². The molecule has 1 saturated carbocycles. The minimum Gasteiger partial charge on any atom is -0.369 e. The van der Waals surface area contributed by atoms with Gasteiger partial charge in [-0.15, -0.1) is 0 Å². The molecule has 0 bridgehead atoms. The Morgan fingerprint density at radius 3 is 2.22 bits per heavy atom. The SMILES string of the molecule is NC1=NC(c2ccccc2)(c2ccccc2)C(=O)N1Cc1cccc(NC(=O)CCC2CCCC2)c1. The summed E-state index contributed by atoms with van der Waals surface area (Å²) in [5.74, 6) is 0.701. The topological polar surface area (TPSA) is 87.8 Å². The van der Waals surface area contributed by atoms with Crippen molar-refractivity contribution in [1.29, 1.82) is 0 Å². The number of hydrogen-bond donors (Lipinski definition) is 2. The van der Waals surface area contributed by atoms with Crippen molar-refractivity contribution in [3.63, 3.8) is 0 Å². The first-order chi connectivity index (χ1) is 17.6. The Morgan fingerprint density at radius 2 is 1.58 bits per heavy atom. The molecule has 1 heterocycles. The maximum Gasteiger partial charge on any atom is 0.266 e. The first kappa shape index (κ1) is 23.8. The lowest BCUT2D eigenvalue weighted by Crippen LogP contribution is -2.43. The number of anilines is 1. The third-order valence-electron chi connectivity index (χ3n) is 7.30. The van der Waals surface area contributed by atoms with E-state index in [1.807, 2.05) is 84.9 Å². The summed E-state index contributed by atoms with van der Waals surface area (Å²) >= 11 is 0. The van der Waals surface area contributed by atoms with Crippen LogP contribution in [-0.4, -0.2) is 22.7 Å². The minimum atomic E-state index is -1.22. The van der Waals surface area contributed by atoms with Crippen LogP contribution in [0.1, 0.15) is 55.2 Å². The fourth-order valence-electron chi connectivity index (χ4n) is 5.42. The fraction of sp³-hybridized carbons (Fsp3) is 0.300. The van der Waals surface area contributed by atoms with E-state index in [2.05, 4.69) is 5.32 Å². The van der Waals surface area contributed by atoms with Gasteiger partial charge in [-0.1, -0.05) is 98.5 Å². The van der Waals surface area contributed by atoms with Gasteiger partial charge in [0.15, 0.2) is 11.5 Å². The molecule has 184 valence electrons. The van der Waals surface area contributed by atoms with Gasteiger partial charge in [-0.2, -0.15) is 0 Å². The van der Waals surface area contributed by atoms with Crippen molar-refractivity contribution in [3.05, 3.63) is 102 Å². The Balaban J connectivity index is 1.34. The van der Waals surface area contributed by atoms with Gasteiger partial charge in [0.1, 0.15) is 0 Å². The second-order valence-corrected chi connectivity index (χ2v) is 9.74. The Labute approximate surface area is 212 Å². The Hall–Kier alpha value is -3.93. The lowest BCUT2D eigenvalue weighted by Gasteiger charge is -2.27. The molecule has 5 rings (SSSR count). The molecule has 2 amide bonds. The smallest absolute Gasteiger partial charge is 0.266 e. The predicted octanol–water partition coefficient (Wildman–Crippen LogP) is 5.20. The molecule has 2 aliphatic rings. The second-order valence-electron chi connectivity index (χ2n) is 9.74. The number of amides is 2. The van der Waals surface area contributed by atoms with E-state index in [4.69, 9.17) is 10.7 Å². The standard InChI is InChI=1S/C30H32N4O2/c31-29-33-30(24-13-3-1-4-14-24,25-15-5-2-6-16-25)28(36)34(29)21-23-12-9-17-26(20-23)32-27(35)19-18-22-10-7-8-11-22/h1-6,9,12-17,20,22H,7-8,10-11,18-19,21H2,(H2,31,33)(H,32,35). The zero-order chi connectivity index (χ0) is 25.0. The molecule has 1 fully saturated rings. The van der Waals surface area contributed by atoms with E-state index in [0.717, 1.165) is 28.8 Å². The van der Waals surface area contributed by atoms with Gasteiger partial charge in [-0.25, -0.2) is 4.99 Å². The summed E-state index contributed by atoms with van der Waals surface area (Å²) in [6, 6.07) is 26.7. The number of aliphatic imine (C=N–C) groups is 1. The lowest BCUT2D eigenvalue weighted by molar-refractivity contribution is -0.130. The van der Waals surface area contributed by atoms with Crippen LogP contribution in [0.5, 0.6) is 0 Å². The summed E-state index contributed by atoms with van der Waals surface area (Å²) in [7, 11) is 0. The first-order valence-corrected chi connectivity index (χ1v) is 12.7. The Kier molecular flexibility index (Phi) is 6.85. The zero-order valence-corrected chi connectivity index (χ0v) is 20.4. The van der Waals surface area contributed by atoms with Gasteiger partial charge in [0, 0.05) is 12.1 Å². The summed E-state index contributed by atoms with van der Waals surface area (Å²) < 4.78 is 0. The summed E-state index contributed by atoms with van der Waals surface area (Å²) in [6.07, 6.45) is 6.53. The number of rotatable bonds is 8. The number of carbonyl (C=O) groups excluding carboxylic acids is 2. The molecule has 3 aromatic carbocycles. The van der Waals surface area contributed by atoms with Crippen LogP contribution in [0.25, 0.3) is 0 Å². The second kappa shape index (κ2) is 10.4. The molecule has 0 aromatic heterocycles. The van der Waals surface area contributed by atoms with E-state index in [1.54, 1.807) is 0 Å². The quantitative estimate of drug-likeness (QED) is 0.465. The highest BCUT2D eigenvalue weighted by atomic mass is 16.2. The monoisotopic (exact) mass is 480 g/mol. The van der Waals surface area contributed by atoms with Crippen LogP contribution >= 0.6 is 0 Å². The summed E-state index contributed by atoms with van der Waals surface area (Å²) in [4.78, 5) is 32.8. The van der Waals surface area contributed by atoms with Gasteiger partial charge in [-0.05, 0) is 41.2 Å². The maximum absolute atomic E-state index is 14.0. The normalized spacial score (nSPS) is 17.3. The van der Waals surface area contributed by atoms with Crippen molar-refractivity contribution in [2.75, 3.05) is 5.32 Å². The number of benzene rings is 3. The van der Waals surface area contributed by atoms with E-state index in [-0.39, 0.29) is 24.3 Å². The van der Waals surface area contributed by atoms with Gasteiger partial charge in [0.05, 0.1) is 6.54 Å². The van der Waals surface area contributed by atoms with Crippen LogP contribution in [0.4, 0.5) is 5.69 Å². The summed E-state index contributed by atoms with van der Waals surface area (Å²) in [5, 5.41) is 3.02. The van der Waals surface area contributed by atoms with Crippen molar-refractivity contribution in [2.45, 2.75) is 50.6 Å². The average Bonchev–Trinajstić information content (AvgIpc) is 3.52. The van der Waals surface area contributed by atoms with Crippen LogP contribution < -0.4 is 11.1 Å². The molecule has 3 aromatic rings. The average molecular weight is 481 g/mol.